The molecule has 9 atom stereocenters. The van der Waals surface area contributed by atoms with Gasteiger partial charge in [-0.1, -0.05) is 17.8 Å². The Balaban J connectivity index is 1.33. The fraction of sp³-hybridized carbons (Fsp3) is 0.556. The van der Waals surface area contributed by atoms with Crippen LogP contribution in [-0.2, 0) is 6.42 Å². The lowest BCUT2D eigenvalue weighted by Crippen LogP contribution is -2.50. The molecule has 0 amide bonds. The molecule has 7 rings (SSSR count). The third-order valence-electron chi connectivity index (χ3n) is 13.5. The van der Waals surface area contributed by atoms with Gasteiger partial charge in [0.2, 0.25) is 0 Å². The molecule has 11 heteroatoms. The number of Topliss-reactive ketones (excluding diaryl/α,β-unsaturated/α-hetero) is 1. The van der Waals surface area contributed by atoms with Crippen molar-refractivity contribution in [2.75, 3.05) is 39.1 Å². The summed E-state index contributed by atoms with van der Waals surface area (Å²) in [7, 11) is 3.68. The van der Waals surface area contributed by atoms with Gasteiger partial charge in [0.05, 0.1) is 27.1 Å². The van der Waals surface area contributed by atoms with Gasteiger partial charge in [0.1, 0.15) is 5.75 Å². The number of thiophene rings is 2. The molecule has 1 aromatic carbocycles. The second-order valence-electron chi connectivity index (χ2n) is 16.8. The summed E-state index contributed by atoms with van der Waals surface area (Å²) in [5.74, 6) is 14.7. The number of nitrogens with two attached hydrogens (primary N) is 1. The molecular weight excluding hydrogens is 739 g/mol. The van der Waals surface area contributed by atoms with Crippen LogP contribution >= 0.6 is 22.7 Å². The van der Waals surface area contributed by atoms with E-state index in [1.165, 1.54) is 0 Å². The van der Waals surface area contributed by atoms with Crippen molar-refractivity contribution >= 4 is 40.1 Å². The zero-order valence-corrected chi connectivity index (χ0v) is 34.7. The van der Waals surface area contributed by atoms with Crippen molar-refractivity contribution < 1.29 is 20.1 Å². The van der Waals surface area contributed by atoms with Crippen molar-refractivity contribution in [3.63, 3.8) is 0 Å². The highest BCUT2D eigenvalue weighted by Crippen LogP contribution is 2.70. The van der Waals surface area contributed by atoms with Crippen LogP contribution in [-0.4, -0.2) is 73.0 Å². The van der Waals surface area contributed by atoms with Crippen LogP contribution in [0.25, 0.3) is 9.75 Å². The van der Waals surface area contributed by atoms with Gasteiger partial charge < -0.3 is 37.0 Å². The van der Waals surface area contributed by atoms with Crippen molar-refractivity contribution in [1.82, 2.24) is 10.6 Å². The molecule has 0 saturated heterocycles. The number of hydrogen-bond acceptors (Lipinski definition) is 9. The molecule has 3 saturated carbocycles. The number of fused-ring (bicyclic) bond motifs is 4. The Morgan fingerprint density at radius 1 is 1.14 bits per heavy atom. The minimum atomic E-state index is -0.583. The molecule has 3 fully saturated rings. The summed E-state index contributed by atoms with van der Waals surface area (Å²) < 4.78 is 0. The molecule has 298 valence electrons. The van der Waals surface area contributed by atoms with Crippen molar-refractivity contribution in [1.29, 1.82) is 0 Å². The van der Waals surface area contributed by atoms with Crippen LogP contribution in [0.1, 0.15) is 90.9 Å². The van der Waals surface area contributed by atoms with Crippen LogP contribution in [0.5, 0.6) is 5.75 Å². The number of phenols is 1. The maximum atomic E-state index is 15.1. The number of carbonyl (C=O) groups excluding carboxylic acids is 1. The molecule has 2 heterocycles. The van der Waals surface area contributed by atoms with E-state index in [-0.39, 0.29) is 58.7 Å². The molecule has 1 unspecified atom stereocenters. The number of phenolic OH excluding ortho intramolecular Hbond substituents is 1. The quantitative estimate of drug-likeness (QED) is 0.0535. The number of guanidine groups is 1. The lowest BCUT2D eigenvalue weighted by molar-refractivity contribution is 0.0187. The fourth-order valence-corrected chi connectivity index (χ4v) is 13.3. The number of rotatable bonds is 10. The molecule has 9 nitrogen and oxygen atoms in total. The number of anilines is 1. The number of aliphatic hydroxyl groups excluding tert-OH is 2. The van der Waals surface area contributed by atoms with E-state index in [2.05, 4.69) is 62.8 Å². The summed E-state index contributed by atoms with van der Waals surface area (Å²) in [6, 6.07) is 11.7. The zero-order chi connectivity index (χ0) is 39.6. The summed E-state index contributed by atoms with van der Waals surface area (Å²) >= 11 is 3.26. The van der Waals surface area contributed by atoms with Crippen molar-refractivity contribution in [3.05, 3.63) is 57.3 Å². The van der Waals surface area contributed by atoms with E-state index in [9.17, 15) is 15.3 Å². The summed E-state index contributed by atoms with van der Waals surface area (Å²) in [6.45, 7) is 4.87. The van der Waals surface area contributed by atoms with Gasteiger partial charge in [-0.05, 0) is 149 Å². The second kappa shape index (κ2) is 16.9. The highest BCUT2D eigenvalue weighted by Gasteiger charge is 2.64. The molecule has 3 aromatic rings. The van der Waals surface area contributed by atoms with E-state index in [0.717, 1.165) is 82.1 Å². The van der Waals surface area contributed by atoms with Crippen molar-refractivity contribution in [3.8, 4) is 39.2 Å². The SMILES string of the molecule is CC#Cc1ccc(-c2ccc(C(=O)[C@@H]3CC[C@@H]4C[C@@]35CC(CC#Cc3c(cc(O)cc3NC[C@H](C)O)C[C@H]4NC(N)=NC)[C@]3(CC[C@@H](CNC)[C@H]3CO)C5)s2)s1. The van der Waals surface area contributed by atoms with Crippen molar-refractivity contribution in [2.24, 2.45) is 51.1 Å². The lowest BCUT2D eigenvalue weighted by Gasteiger charge is -2.48. The predicted octanol–water partition coefficient (Wildman–Crippen LogP) is 6.47. The van der Waals surface area contributed by atoms with Gasteiger partial charge in [0.15, 0.2) is 11.7 Å². The first-order chi connectivity index (χ1) is 27.0. The van der Waals surface area contributed by atoms with E-state index >= 15 is 4.79 Å². The highest BCUT2D eigenvalue weighted by atomic mass is 32.1. The number of aromatic hydroxyl groups is 1. The summed E-state index contributed by atoms with van der Waals surface area (Å²) in [5, 5.41) is 42.7. The minimum absolute atomic E-state index is 0.110. The molecule has 4 aliphatic rings. The third-order valence-corrected chi connectivity index (χ3v) is 15.8. The normalized spacial score (nSPS) is 30.2. The average molecular weight is 796 g/mol. The monoisotopic (exact) mass is 795 g/mol. The van der Waals surface area contributed by atoms with E-state index in [0.29, 0.717) is 37.0 Å². The maximum Gasteiger partial charge on any atom is 0.188 e. The van der Waals surface area contributed by atoms with Gasteiger partial charge >= 0.3 is 0 Å². The molecule has 8 N–H and O–H groups in total. The zero-order valence-electron chi connectivity index (χ0n) is 33.1. The van der Waals surface area contributed by atoms with E-state index in [1.807, 2.05) is 20.0 Å². The van der Waals surface area contributed by atoms with E-state index in [1.54, 1.807) is 48.8 Å². The Morgan fingerprint density at radius 3 is 2.70 bits per heavy atom. The molecular formula is C45H57N5O4S2. The maximum absolute atomic E-state index is 15.1. The number of ketones is 1. The van der Waals surface area contributed by atoms with Gasteiger partial charge in [-0.2, -0.15) is 0 Å². The Morgan fingerprint density at radius 2 is 1.95 bits per heavy atom. The molecule has 4 aliphatic carbocycles. The van der Waals surface area contributed by atoms with Crippen LogP contribution in [0.15, 0.2) is 41.4 Å². The van der Waals surface area contributed by atoms with Gasteiger partial charge in [-0.3, -0.25) is 9.79 Å². The topological polar surface area (TPSA) is 152 Å². The smallest absolute Gasteiger partial charge is 0.188 e. The van der Waals surface area contributed by atoms with Crippen LogP contribution in [0.4, 0.5) is 5.69 Å². The number of nitrogens with one attached hydrogen (secondary N) is 3. The number of aliphatic hydroxyl groups is 2. The largest absolute Gasteiger partial charge is 0.508 e. The average Bonchev–Trinajstić information content (AvgIpc) is 3.97. The van der Waals surface area contributed by atoms with Crippen LogP contribution < -0.4 is 21.7 Å². The summed E-state index contributed by atoms with van der Waals surface area (Å²) in [4.78, 5) is 23.4. The van der Waals surface area contributed by atoms with Crippen LogP contribution in [0, 0.1) is 64.1 Å². The number of hydrogen-bond donors (Lipinski definition) is 7. The lowest BCUT2D eigenvalue weighted by atomic mass is 9.57. The first-order valence-electron chi connectivity index (χ1n) is 20.2. The predicted molar refractivity (Wildman–Crippen MR) is 228 cm³/mol. The Kier molecular flexibility index (Phi) is 12.2. The fourth-order valence-electron chi connectivity index (χ4n) is 11.3. The van der Waals surface area contributed by atoms with Crippen molar-refractivity contribution in [2.45, 2.75) is 83.8 Å². The van der Waals surface area contributed by atoms with Gasteiger partial charge in [0.25, 0.3) is 0 Å². The number of benzene rings is 1. The number of carbonyl (C=O) groups is 1. The van der Waals surface area contributed by atoms with Crippen LogP contribution in [0.3, 0.4) is 0 Å². The molecule has 2 aromatic heterocycles. The summed E-state index contributed by atoms with van der Waals surface area (Å²) in [5.41, 5.74) is 8.43. The molecule has 0 aliphatic heterocycles. The van der Waals surface area contributed by atoms with E-state index in [4.69, 9.17) is 5.73 Å². The molecule has 3 bridgehead atoms. The molecule has 2 spiro atoms. The minimum Gasteiger partial charge on any atom is -0.508 e. The van der Waals surface area contributed by atoms with Gasteiger partial charge in [-0.15, -0.1) is 28.6 Å². The summed E-state index contributed by atoms with van der Waals surface area (Å²) in [6.07, 6.45) is 6.91. The standard InChI is InChI=1S/C45H57N5O4S2/c1-5-7-33-11-13-39(55-33)40-14-15-41(56-40)42(54)35-12-10-28-21-44(35)22-31(45(26-44)17-16-29(24-47-3)36(45)25-51)8-6-9-34-30(19-37(28)50-43(46)48-4)18-32(53)20-38(34)49-23-27(2)52/h11,13-15,18,20,27-29,31,35-37,47,49,51-53H,8,10,12,16-17,19,21-26H2,1-4H3,(H3,46,48,50)/t27-,28+,29-,31?,35-,36+,37+,44-,45-/m0/s1. The Labute approximate surface area is 340 Å². The van der Waals surface area contributed by atoms with Crippen LogP contribution in [0.2, 0.25) is 0 Å². The first kappa shape index (κ1) is 40.4. The number of nitrogens with zero attached hydrogens (tertiary/aromatic N) is 1. The Bertz CT molecular complexity index is 2070. The molecule has 0 radical (unpaired) electrons. The van der Waals surface area contributed by atoms with Gasteiger partial charge in [0, 0.05) is 54.4 Å². The van der Waals surface area contributed by atoms with Gasteiger partial charge in [-0.25, -0.2) is 0 Å². The third kappa shape index (κ3) is 7.86. The second-order valence-corrected chi connectivity index (χ2v) is 19.0. The van der Waals surface area contributed by atoms with E-state index < -0.39 is 6.10 Å². The molecule has 56 heavy (non-hydrogen) atoms. The number of aliphatic imine (C=N–C) groups is 1. The highest BCUT2D eigenvalue weighted by molar-refractivity contribution is 7.23. The first-order valence-corrected chi connectivity index (χ1v) is 21.8. The Hall–Kier alpha value is -3.84.